The van der Waals surface area contributed by atoms with Gasteiger partial charge in [0.25, 0.3) is 0 Å². The largest absolute Gasteiger partial charge is 0.493 e. The van der Waals surface area contributed by atoms with Crippen molar-refractivity contribution in [1.82, 2.24) is 14.9 Å². The molecule has 0 unspecified atom stereocenters. The highest BCUT2D eigenvalue weighted by Crippen LogP contribution is 2.34. The van der Waals surface area contributed by atoms with Gasteiger partial charge in [0.1, 0.15) is 12.1 Å². The van der Waals surface area contributed by atoms with Gasteiger partial charge in [-0.1, -0.05) is 27.6 Å². The van der Waals surface area contributed by atoms with Crippen LogP contribution >= 0.6 is 15.9 Å². The van der Waals surface area contributed by atoms with Crippen LogP contribution in [0.4, 0.5) is 5.82 Å². The van der Waals surface area contributed by atoms with E-state index in [1.165, 1.54) is 5.57 Å². The van der Waals surface area contributed by atoms with Crippen LogP contribution in [0, 0.1) is 0 Å². The number of fused-ring (bicyclic) bond motifs is 1. The van der Waals surface area contributed by atoms with Crippen LogP contribution in [0.5, 0.6) is 11.5 Å². The minimum absolute atomic E-state index is 0.584. The number of anilines is 1. The molecule has 0 fully saturated rings. The lowest BCUT2D eigenvalue weighted by Gasteiger charge is -2.17. The molecule has 33 heavy (non-hydrogen) atoms. The first kappa shape index (κ1) is 26.8. The van der Waals surface area contributed by atoms with Crippen molar-refractivity contribution in [2.45, 2.75) is 27.2 Å². The fraction of sp³-hybridized carbons (Fsp3) is 0.440. The smallest absolute Gasteiger partial charge is 0.163 e. The second kappa shape index (κ2) is 14.0. The predicted molar refractivity (Wildman–Crippen MR) is 139 cm³/mol. The molecule has 1 aromatic carbocycles. The quantitative estimate of drug-likeness (QED) is 0.275. The number of likely N-dealkylation sites (N-methyl/N-ethyl adjacent to an activating group) is 1. The zero-order valence-corrected chi connectivity index (χ0v) is 22.0. The SMILES string of the molecule is COCCN(C)CCCOc1cc2ncnc(N/C(C=C(C)C)=C/C=C(\C)Br)c2cc1OC. The topological polar surface area (TPSA) is 68.7 Å². The number of nitrogens with one attached hydrogen (secondary N) is 1. The Kier molecular flexibility index (Phi) is 11.4. The number of halogens is 1. The third kappa shape index (κ3) is 9.15. The highest BCUT2D eigenvalue weighted by Gasteiger charge is 2.12. The van der Waals surface area contributed by atoms with Gasteiger partial charge < -0.3 is 24.4 Å². The van der Waals surface area contributed by atoms with Crippen LogP contribution in [-0.2, 0) is 4.74 Å². The first-order chi connectivity index (χ1) is 15.8. The third-order valence-corrected chi connectivity index (χ3v) is 5.00. The maximum Gasteiger partial charge on any atom is 0.163 e. The van der Waals surface area contributed by atoms with E-state index in [9.17, 15) is 0 Å². The summed E-state index contributed by atoms with van der Waals surface area (Å²) in [7, 11) is 5.43. The Morgan fingerprint density at radius 2 is 1.85 bits per heavy atom. The van der Waals surface area contributed by atoms with Crippen LogP contribution in [0.2, 0.25) is 0 Å². The molecule has 0 aliphatic rings. The normalized spacial score (nSPS) is 12.2. The summed E-state index contributed by atoms with van der Waals surface area (Å²) >= 11 is 3.47. The van der Waals surface area contributed by atoms with Gasteiger partial charge in [-0.3, -0.25) is 0 Å². The first-order valence-corrected chi connectivity index (χ1v) is 11.7. The Labute approximate surface area is 205 Å². The van der Waals surface area contributed by atoms with Crippen LogP contribution < -0.4 is 14.8 Å². The van der Waals surface area contributed by atoms with Gasteiger partial charge in [0.05, 0.1) is 25.8 Å². The zero-order valence-electron chi connectivity index (χ0n) is 20.4. The van der Waals surface area contributed by atoms with E-state index < -0.39 is 0 Å². The van der Waals surface area contributed by atoms with E-state index in [1.54, 1.807) is 20.5 Å². The van der Waals surface area contributed by atoms with Crippen LogP contribution in [-0.4, -0.2) is 62.4 Å². The van der Waals surface area contributed by atoms with Crippen LogP contribution in [0.1, 0.15) is 27.2 Å². The Balaban J connectivity index is 2.22. The molecular formula is C25H35BrN4O3. The Morgan fingerprint density at radius 1 is 1.06 bits per heavy atom. The molecule has 1 N–H and O–H groups in total. The second-order valence-electron chi connectivity index (χ2n) is 7.96. The molecule has 0 aliphatic heterocycles. The van der Waals surface area contributed by atoms with E-state index >= 15 is 0 Å². The summed E-state index contributed by atoms with van der Waals surface area (Å²) < 4.78 is 17.8. The second-order valence-corrected chi connectivity index (χ2v) is 9.21. The molecule has 180 valence electrons. The monoisotopic (exact) mass is 518 g/mol. The molecule has 0 bridgehead atoms. The molecule has 0 atom stereocenters. The zero-order chi connectivity index (χ0) is 24.2. The van der Waals surface area contributed by atoms with Crippen LogP contribution in [0.15, 0.2) is 52.4 Å². The predicted octanol–water partition coefficient (Wildman–Crippen LogP) is 5.55. The molecule has 0 spiro atoms. The van der Waals surface area contributed by atoms with Crippen molar-refractivity contribution < 1.29 is 14.2 Å². The summed E-state index contributed by atoms with van der Waals surface area (Å²) in [6, 6.07) is 3.83. The maximum absolute atomic E-state index is 6.03. The Morgan fingerprint density at radius 3 is 2.52 bits per heavy atom. The minimum Gasteiger partial charge on any atom is -0.493 e. The van der Waals surface area contributed by atoms with Gasteiger partial charge in [0.2, 0.25) is 0 Å². The Hall–Kier alpha value is -2.42. The minimum atomic E-state index is 0.584. The van der Waals surface area contributed by atoms with Crippen molar-refractivity contribution in [3.05, 3.63) is 52.4 Å². The summed E-state index contributed by atoms with van der Waals surface area (Å²) in [5.41, 5.74) is 2.88. The first-order valence-electron chi connectivity index (χ1n) is 10.9. The number of methoxy groups -OCH3 is 2. The van der Waals surface area contributed by atoms with E-state index in [0.29, 0.717) is 23.9 Å². The van der Waals surface area contributed by atoms with Crippen molar-refractivity contribution in [3.8, 4) is 11.5 Å². The van der Waals surface area contributed by atoms with Crippen molar-refractivity contribution in [3.63, 3.8) is 0 Å². The number of hydrogen-bond acceptors (Lipinski definition) is 7. The molecule has 2 rings (SSSR count). The molecule has 0 aliphatic carbocycles. The summed E-state index contributed by atoms with van der Waals surface area (Å²) in [5, 5.41) is 4.27. The van der Waals surface area contributed by atoms with Gasteiger partial charge in [0.15, 0.2) is 11.5 Å². The summed E-state index contributed by atoms with van der Waals surface area (Å²) in [4.78, 5) is 11.1. The Bertz CT molecular complexity index is 997. The number of ether oxygens (including phenoxy) is 3. The van der Waals surface area contributed by atoms with Gasteiger partial charge in [-0.25, -0.2) is 9.97 Å². The fourth-order valence-corrected chi connectivity index (χ4v) is 3.22. The molecule has 0 amide bonds. The lowest BCUT2D eigenvalue weighted by molar-refractivity contribution is 0.156. The number of benzene rings is 1. The van der Waals surface area contributed by atoms with Crippen molar-refractivity contribution >= 4 is 32.7 Å². The number of nitrogens with zero attached hydrogens (tertiary/aromatic N) is 3. The van der Waals surface area contributed by atoms with E-state index in [1.807, 2.05) is 31.2 Å². The third-order valence-electron chi connectivity index (χ3n) is 4.74. The van der Waals surface area contributed by atoms with Gasteiger partial charge in [-0.2, -0.15) is 0 Å². The molecule has 0 saturated carbocycles. The summed E-state index contributed by atoms with van der Waals surface area (Å²) in [5.74, 6) is 2.03. The molecular weight excluding hydrogens is 484 g/mol. The van der Waals surface area contributed by atoms with E-state index in [0.717, 1.165) is 47.2 Å². The van der Waals surface area contributed by atoms with E-state index in [2.05, 4.69) is 63.1 Å². The molecule has 0 radical (unpaired) electrons. The van der Waals surface area contributed by atoms with Gasteiger partial charge in [-0.15, -0.1) is 0 Å². The lowest BCUT2D eigenvalue weighted by atomic mass is 10.2. The summed E-state index contributed by atoms with van der Waals surface area (Å²) in [6.07, 6.45) is 8.51. The van der Waals surface area contributed by atoms with E-state index in [-0.39, 0.29) is 0 Å². The number of aromatic nitrogens is 2. The number of allylic oxidation sites excluding steroid dienone is 5. The molecule has 0 saturated heterocycles. The van der Waals surface area contributed by atoms with E-state index in [4.69, 9.17) is 14.2 Å². The highest BCUT2D eigenvalue weighted by molar-refractivity contribution is 9.11. The fourth-order valence-electron chi connectivity index (χ4n) is 3.09. The lowest BCUT2D eigenvalue weighted by Crippen LogP contribution is -2.25. The molecule has 8 heteroatoms. The van der Waals surface area contributed by atoms with Gasteiger partial charge >= 0.3 is 0 Å². The molecule has 2 aromatic rings. The summed E-state index contributed by atoms with van der Waals surface area (Å²) in [6.45, 7) is 9.23. The molecule has 1 heterocycles. The number of rotatable bonds is 13. The average molecular weight is 519 g/mol. The van der Waals surface area contributed by atoms with Gasteiger partial charge in [-0.05, 0) is 56.9 Å². The van der Waals surface area contributed by atoms with Gasteiger partial charge in [0, 0.05) is 37.3 Å². The molecule has 7 nitrogen and oxygen atoms in total. The van der Waals surface area contributed by atoms with Crippen molar-refractivity contribution in [1.29, 1.82) is 0 Å². The van der Waals surface area contributed by atoms with Crippen molar-refractivity contribution in [2.24, 2.45) is 0 Å². The highest BCUT2D eigenvalue weighted by atomic mass is 79.9. The molecule has 1 aromatic heterocycles. The maximum atomic E-state index is 6.03. The number of hydrogen-bond donors (Lipinski definition) is 1. The van der Waals surface area contributed by atoms with Crippen molar-refractivity contribution in [2.75, 3.05) is 52.9 Å². The van der Waals surface area contributed by atoms with Crippen LogP contribution in [0.3, 0.4) is 0 Å². The van der Waals surface area contributed by atoms with Crippen LogP contribution in [0.25, 0.3) is 10.9 Å². The standard InChI is InChI=1S/C25H35BrN4O3/c1-18(2)14-20(9-8-19(3)26)29-25-21-15-23(32-6)24(16-22(21)27-17-28-25)33-12-7-10-30(4)11-13-31-5/h8-9,14-17H,7,10-13H2,1-6H3,(H,27,28,29)/b19-8+,20-9+. The average Bonchev–Trinajstić information content (AvgIpc) is 2.78.